The molecule has 4 rings (SSSR count). The number of hydrogen-bond acceptors (Lipinski definition) is 9. The van der Waals surface area contributed by atoms with Gasteiger partial charge in [-0.05, 0) is 37.0 Å². The minimum Gasteiger partial charge on any atom is -0.378 e. The highest BCUT2D eigenvalue weighted by Gasteiger charge is 2.44. The van der Waals surface area contributed by atoms with Gasteiger partial charge in [-0.3, -0.25) is 4.79 Å². The molecule has 4 aliphatic rings. The molecule has 44 heavy (non-hydrogen) atoms. The molecule has 3 aliphatic heterocycles. The molecule has 5 N–H and O–H groups in total. The number of carbonyl (C=O) groups excluding carboxylic acids is 2. The van der Waals surface area contributed by atoms with Crippen LogP contribution >= 0.6 is 11.8 Å². The van der Waals surface area contributed by atoms with E-state index in [2.05, 4.69) is 52.7 Å². The summed E-state index contributed by atoms with van der Waals surface area (Å²) >= 11 is 1.92. The molecule has 0 aromatic carbocycles. The van der Waals surface area contributed by atoms with Gasteiger partial charge in [0.2, 0.25) is 5.91 Å². The number of unbranched alkanes of at least 4 members (excludes halogenated alkanes) is 1. The predicted octanol–water partition coefficient (Wildman–Crippen LogP) is 3.35. The van der Waals surface area contributed by atoms with Gasteiger partial charge in [-0.1, -0.05) is 59.3 Å². The summed E-state index contributed by atoms with van der Waals surface area (Å²) in [7, 11) is 0. The van der Waals surface area contributed by atoms with Gasteiger partial charge in [-0.15, -0.1) is 0 Å². The number of urea groups is 1. The summed E-state index contributed by atoms with van der Waals surface area (Å²) in [5, 5.41) is 11.8. The van der Waals surface area contributed by atoms with Gasteiger partial charge in [0.15, 0.2) is 0 Å². The molecule has 0 bridgehead atoms. The first-order valence-corrected chi connectivity index (χ1v) is 18.3. The van der Waals surface area contributed by atoms with E-state index in [0.29, 0.717) is 69.9 Å². The lowest BCUT2D eigenvalue weighted by Gasteiger charge is -2.39. The minimum atomic E-state index is -0.0472. The van der Waals surface area contributed by atoms with Gasteiger partial charge in [-0.25, -0.2) is 15.2 Å². The van der Waals surface area contributed by atoms with Crippen molar-refractivity contribution in [2.24, 2.45) is 11.3 Å². The Morgan fingerprint density at radius 2 is 1.61 bits per heavy atom. The SMILES string of the molecule is CC(C)(C)C1NNN(CCOCCOCCOCCNC(=O)CCCC[C@H]2SCC3NC(=O)NC32)C1C1CCCCCCC1. The lowest BCUT2D eigenvalue weighted by atomic mass is 9.75. The average Bonchev–Trinajstić information content (AvgIpc) is 3.66. The highest BCUT2D eigenvalue weighted by atomic mass is 32.2. The molecular formula is C32H60N6O5S. The molecule has 0 spiro atoms. The molecule has 12 heteroatoms. The van der Waals surface area contributed by atoms with Crippen molar-refractivity contribution in [3.8, 4) is 0 Å². The van der Waals surface area contributed by atoms with Crippen LogP contribution in [0.2, 0.25) is 0 Å². The summed E-state index contributed by atoms with van der Waals surface area (Å²) < 4.78 is 17.2. The topological polar surface area (TPSA) is 125 Å². The summed E-state index contributed by atoms with van der Waals surface area (Å²) in [5.74, 6) is 1.76. The largest absolute Gasteiger partial charge is 0.378 e. The molecule has 254 valence electrons. The van der Waals surface area contributed by atoms with Gasteiger partial charge in [0.05, 0.1) is 51.7 Å². The van der Waals surface area contributed by atoms with E-state index in [4.69, 9.17) is 14.2 Å². The van der Waals surface area contributed by atoms with Gasteiger partial charge in [0.25, 0.3) is 0 Å². The molecule has 0 aromatic heterocycles. The zero-order valence-corrected chi connectivity index (χ0v) is 28.3. The zero-order chi connectivity index (χ0) is 31.2. The molecule has 3 amide bonds. The standard InChI is InChI=1S/C32H60N6O5S/c1-32(2,3)30-29(24-11-7-5-4-6-8-12-24)38(37-36-30)16-18-42-20-22-43-21-19-41-17-15-33-27(39)14-10-9-13-26-28-25(23-44-26)34-31(40)35-28/h24-26,28-30,36-37H,4-23H2,1-3H3,(H,33,39)(H2,34,35,40)/t25?,26-,28?,29?,30?/m1/s1. The van der Waals surface area contributed by atoms with Gasteiger partial charge in [0.1, 0.15) is 0 Å². The average molecular weight is 641 g/mol. The number of nitrogens with zero attached hydrogens (tertiary/aromatic N) is 1. The Bertz CT molecular complexity index is 855. The molecule has 3 heterocycles. The first-order valence-electron chi connectivity index (χ1n) is 17.3. The summed E-state index contributed by atoms with van der Waals surface area (Å²) in [5.41, 5.74) is 7.27. The van der Waals surface area contributed by atoms with Crippen molar-refractivity contribution in [1.29, 1.82) is 0 Å². The van der Waals surface area contributed by atoms with Crippen molar-refractivity contribution >= 4 is 23.7 Å². The van der Waals surface area contributed by atoms with Crippen molar-refractivity contribution in [2.45, 2.75) is 121 Å². The van der Waals surface area contributed by atoms with Crippen LogP contribution in [0.15, 0.2) is 0 Å². The van der Waals surface area contributed by atoms with Crippen LogP contribution in [0.1, 0.15) is 91.4 Å². The van der Waals surface area contributed by atoms with Crippen molar-refractivity contribution in [3.63, 3.8) is 0 Å². The maximum absolute atomic E-state index is 12.1. The number of nitrogens with one attached hydrogen (secondary N) is 5. The van der Waals surface area contributed by atoms with Crippen LogP contribution < -0.4 is 26.9 Å². The minimum absolute atomic E-state index is 0.0472. The van der Waals surface area contributed by atoms with Gasteiger partial charge < -0.3 is 30.2 Å². The van der Waals surface area contributed by atoms with Crippen LogP contribution in [-0.4, -0.2) is 105 Å². The fourth-order valence-electron chi connectivity index (χ4n) is 7.11. The van der Waals surface area contributed by atoms with Crippen LogP contribution in [0, 0.1) is 11.3 Å². The molecule has 0 radical (unpaired) electrons. The van der Waals surface area contributed by atoms with Crippen molar-refractivity contribution in [1.82, 2.24) is 31.9 Å². The Labute approximate surface area is 269 Å². The van der Waals surface area contributed by atoms with Crippen LogP contribution in [0.5, 0.6) is 0 Å². The van der Waals surface area contributed by atoms with Crippen LogP contribution in [0.25, 0.3) is 0 Å². The quantitative estimate of drug-likeness (QED) is 0.113. The Morgan fingerprint density at radius 3 is 2.34 bits per heavy atom. The second-order valence-electron chi connectivity index (χ2n) is 13.9. The van der Waals surface area contributed by atoms with Crippen LogP contribution in [0.4, 0.5) is 4.79 Å². The Balaban J connectivity index is 0.952. The summed E-state index contributed by atoms with van der Waals surface area (Å²) in [4.78, 5) is 23.6. The molecule has 1 saturated carbocycles. The highest BCUT2D eigenvalue weighted by molar-refractivity contribution is 8.00. The number of hydrazine groups is 2. The maximum Gasteiger partial charge on any atom is 0.315 e. The lowest BCUT2D eigenvalue weighted by Crippen LogP contribution is -2.49. The van der Waals surface area contributed by atoms with Crippen molar-refractivity contribution < 1.29 is 23.8 Å². The first-order chi connectivity index (χ1) is 21.3. The third-order valence-corrected chi connectivity index (χ3v) is 11.0. The molecule has 5 atom stereocenters. The van der Waals surface area contributed by atoms with Crippen LogP contribution in [-0.2, 0) is 19.0 Å². The van der Waals surface area contributed by atoms with Crippen molar-refractivity contribution in [3.05, 3.63) is 0 Å². The lowest BCUT2D eigenvalue weighted by molar-refractivity contribution is -0.121. The van der Waals surface area contributed by atoms with E-state index in [1.54, 1.807) is 0 Å². The number of amides is 3. The number of thioether (sulfide) groups is 1. The van der Waals surface area contributed by atoms with Gasteiger partial charge >= 0.3 is 6.03 Å². The maximum atomic E-state index is 12.1. The van der Waals surface area contributed by atoms with E-state index in [-0.39, 0.29) is 29.4 Å². The van der Waals surface area contributed by atoms with E-state index in [1.807, 2.05) is 11.8 Å². The molecule has 1 aliphatic carbocycles. The molecule has 4 fully saturated rings. The second kappa shape index (κ2) is 18.9. The van der Waals surface area contributed by atoms with Gasteiger partial charge in [-0.2, -0.15) is 17.3 Å². The predicted molar refractivity (Wildman–Crippen MR) is 175 cm³/mol. The first kappa shape index (κ1) is 35.7. The number of fused-ring (bicyclic) bond motifs is 1. The monoisotopic (exact) mass is 640 g/mol. The number of rotatable bonds is 18. The van der Waals surface area contributed by atoms with E-state index >= 15 is 0 Å². The van der Waals surface area contributed by atoms with E-state index < -0.39 is 0 Å². The fourth-order valence-corrected chi connectivity index (χ4v) is 8.66. The number of ether oxygens (including phenoxy) is 3. The smallest absolute Gasteiger partial charge is 0.315 e. The third-order valence-electron chi connectivity index (χ3n) is 9.50. The van der Waals surface area contributed by atoms with Crippen molar-refractivity contribution in [2.75, 3.05) is 58.5 Å². The summed E-state index contributed by atoms with van der Waals surface area (Å²) in [6.45, 7) is 11.7. The van der Waals surface area contributed by atoms with Gasteiger partial charge in [0, 0.05) is 42.6 Å². The highest BCUT2D eigenvalue weighted by Crippen LogP contribution is 2.36. The molecule has 11 nitrogen and oxygen atoms in total. The molecule has 3 saturated heterocycles. The number of hydrogen-bond donors (Lipinski definition) is 5. The number of carbonyl (C=O) groups is 2. The second-order valence-corrected chi connectivity index (χ2v) is 15.2. The molecular weight excluding hydrogens is 580 g/mol. The molecule has 4 unspecified atom stereocenters. The Hall–Kier alpha value is -1.15. The normalized spacial score (nSPS) is 28.3. The van der Waals surface area contributed by atoms with Crippen LogP contribution in [0.3, 0.4) is 0 Å². The van der Waals surface area contributed by atoms with E-state index in [1.165, 1.54) is 44.9 Å². The third kappa shape index (κ3) is 11.6. The Morgan fingerprint density at radius 1 is 0.932 bits per heavy atom. The zero-order valence-electron chi connectivity index (χ0n) is 27.5. The Kier molecular flexibility index (Phi) is 15.3. The summed E-state index contributed by atoms with van der Waals surface area (Å²) in [6, 6.07) is 1.35. The molecule has 0 aromatic rings. The van der Waals surface area contributed by atoms with E-state index in [9.17, 15) is 9.59 Å². The van der Waals surface area contributed by atoms with E-state index in [0.717, 1.165) is 37.5 Å². The fraction of sp³-hybridized carbons (Fsp3) is 0.938. The summed E-state index contributed by atoms with van der Waals surface area (Å²) in [6.07, 6.45) is 12.9.